The van der Waals surface area contributed by atoms with Crippen molar-refractivity contribution in [3.8, 4) is 5.88 Å². The van der Waals surface area contributed by atoms with Crippen LogP contribution in [0.2, 0.25) is 0 Å². The Morgan fingerprint density at radius 1 is 1.32 bits per heavy atom. The maximum Gasteiger partial charge on any atom is 0.325 e. The number of ether oxygens (including phenoxy) is 1. The van der Waals surface area contributed by atoms with Gasteiger partial charge in [-0.25, -0.2) is 9.78 Å². The minimum absolute atomic E-state index is 0.0145. The smallest absolute Gasteiger partial charge is 0.325 e. The number of pyridine rings is 1. The van der Waals surface area contributed by atoms with Crippen LogP contribution in [0.3, 0.4) is 0 Å². The number of aromatic amines is 2. The summed E-state index contributed by atoms with van der Waals surface area (Å²) in [6.07, 6.45) is 2.00. The highest BCUT2D eigenvalue weighted by atomic mass is 16.5. The summed E-state index contributed by atoms with van der Waals surface area (Å²) >= 11 is 0. The molecule has 0 fully saturated rings. The molecule has 3 N–H and O–H groups in total. The quantitative estimate of drug-likeness (QED) is 0.686. The standard InChI is InChI=1S/C17H22N4O4/c1-10(2)25-16-12(5-4-8-18-16)9-19-14(22)7-6-13-11(3)20-17(24)21-15(13)23/h4-5,8,10H,6-7,9H2,1-3H3,(H,19,22)(H2,20,21,23,24). The average molecular weight is 346 g/mol. The van der Waals surface area contributed by atoms with Crippen molar-refractivity contribution in [2.45, 2.75) is 46.3 Å². The van der Waals surface area contributed by atoms with Crippen molar-refractivity contribution >= 4 is 5.91 Å². The summed E-state index contributed by atoms with van der Waals surface area (Å²) in [5.74, 6) is 0.287. The number of carbonyl (C=O) groups is 1. The van der Waals surface area contributed by atoms with Crippen LogP contribution in [-0.4, -0.2) is 27.0 Å². The van der Waals surface area contributed by atoms with Gasteiger partial charge in [0, 0.05) is 36.0 Å². The highest BCUT2D eigenvalue weighted by Crippen LogP contribution is 2.15. The van der Waals surface area contributed by atoms with E-state index >= 15 is 0 Å². The van der Waals surface area contributed by atoms with Gasteiger partial charge in [0.2, 0.25) is 11.8 Å². The van der Waals surface area contributed by atoms with Crippen molar-refractivity contribution in [1.29, 1.82) is 0 Å². The molecule has 2 aromatic heterocycles. The van der Waals surface area contributed by atoms with Gasteiger partial charge in [-0.15, -0.1) is 0 Å². The molecule has 2 rings (SSSR count). The monoisotopic (exact) mass is 346 g/mol. The molecule has 0 radical (unpaired) electrons. The lowest BCUT2D eigenvalue weighted by Crippen LogP contribution is -2.29. The van der Waals surface area contributed by atoms with Crippen LogP contribution in [0.15, 0.2) is 27.9 Å². The van der Waals surface area contributed by atoms with Gasteiger partial charge in [0.25, 0.3) is 5.56 Å². The van der Waals surface area contributed by atoms with E-state index in [2.05, 4.69) is 20.3 Å². The highest BCUT2D eigenvalue weighted by Gasteiger charge is 2.11. The second-order valence-corrected chi connectivity index (χ2v) is 5.92. The van der Waals surface area contributed by atoms with Gasteiger partial charge in [-0.2, -0.15) is 0 Å². The number of nitrogens with one attached hydrogen (secondary N) is 3. The Labute approximate surface area is 144 Å². The van der Waals surface area contributed by atoms with Crippen LogP contribution in [0.1, 0.15) is 37.1 Å². The Balaban J connectivity index is 1.94. The number of H-pyrrole nitrogens is 2. The van der Waals surface area contributed by atoms with Gasteiger partial charge in [0.05, 0.1) is 6.10 Å². The highest BCUT2D eigenvalue weighted by molar-refractivity contribution is 5.76. The summed E-state index contributed by atoms with van der Waals surface area (Å²) in [5, 5.41) is 2.79. The van der Waals surface area contributed by atoms with E-state index in [1.54, 1.807) is 19.2 Å². The molecule has 25 heavy (non-hydrogen) atoms. The zero-order valence-electron chi connectivity index (χ0n) is 14.5. The van der Waals surface area contributed by atoms with Crippen LogP contribution >= 0.6 is 0 Å². The molecular formula is C17H22N4O4. The maximum absolute atomic E-state index is 12.1. The zero-order valence-corrected chi connectivity index (χ0v) is 14.5. The molecule has 134 valence electrons. The first-order valence-electron chi connectivity index (χ1n) is 8.06. The van der Waals surface area contributed by atoms with Gasteiger partial charge >= 0.3 is 5.69 Å². The molecule has 0 aromatic carbocycles. The van der Waals surface area contributed by atoms with Crippen LogP contribution in [0.4, 0.5) is 0 Å². The molecule has 8 heteroatoms. The number of amides is 1. The predicted octanol–water partition coefficient (Wildman–Crippen LogP) is 0.803. The molecule has 0 atom stereocenters. The molecule has 2 heterocycles. The van der Waals surface area contributed by atoms with Crippen molar-refractivity contribution in [3.05, 3.63) is 56.0 Å². The lowest BCUT2D eigenvalue weighted by Gasteiger charge is -2.13. The Morgan fingerprint density at radius 2 is 2.08 bits per heavy atom. The number of carbonyl (C=O) groups excluding carboxylic acids is 1. The van der Waals surface area contributed by atoms with Crippen LogP contribution in [-0.2, 0) is 17.8 Å². The SMILES string of the molecule is Cc1[nH]c(=O)[nH]c(=O)c1CCC(=O)NCc1cccnc1OC(C)C. The van der Waals surface area contributed by atoms with E-state index in [0.29, 0.717) is 17.1 Å². The van der Waals surface area contributed by atoms with Gasteiger partial charge in [-0.1, -0.05) is 6.07 Å². The van der Waals surface area contributed by atoms with E-state index in [4.69, 9.17) is 4.74 Å². The number of aromatic nitrogens is 3. The van der Waals surface area contributed by atoms with Crippen molar-refractivity contribution < 1.29 is 9.53 Å². The first-order chi connectivity index (χ1) is 11.9. The molecule has 0 unspecified atom stereocenters. The Morgan fingerprint density at radius 3 is 2.76 bits per heavy atom. The van der Waals surface area contributed by atoms with Gasteiger partial charge in [0.1, 0.15) is 0 Å². The molecule has 0 aliphatic heterocycles. The number of rotatable bonds is 7. The predicted molar refractivity (Wildman–Crippen MR) is 92.6 cm³/mol. The third-order valence-corrected chi connectivity index (χ3v) is 3.53. The number of aryl methyl sites for hydroxylation is 1. The summed E-state index contributed by atoms with van der Waals surface area (Å²) in [7, 11) is 0. The number of nitrogens with zero attached hydrogens (tertiary/aromatic N) is 1. The van der Waals surface area contributed by atoms with Gasteiger partial charge in [-0.05, 0) is 33.3 Å². The van der Waals surface area contributed by atoms with Crippen molar-refractivity contribution in [1.82, 2.24) is 20.3 Å². The van der Waals surface area contributed by atoms with Gasteiger partial charge < -0.3 is 15.0 Å². The average Bonchev–Trinajstić information content (AvgIpc) is 2.52. The lowest BCUT2D eigenvalue weighted by molar-refractivity contribution is -0.121. The molecule has 2 aromatic rings. The fourth-order valence-electron chi connectivity index (χ4n) is 2.34. The first-order valence-corrected chi connectivity index (χ1v) is 8.06. The van der Waals surface area contributed by atoms with E-state index in [1.807, 2.05) is 19.9 Å². The number of hydrogen-bond acceptors (Lipinski definition) is 5. The third kappa shape index (κ3) is 5.30. The van der Waals surface area contributed by atoms with E-state index in [0.717, 1.165) is 5.56 Å². The van der Waals surface area contributed by atoms with Crippen LogP contribution in [0, 0.1) is 6.92 Å². The fourth-order valence-corrected chi connectivity index (χ4v) is 2.34. The lowest BCUT2D eigenvalue weighted by atomic mass is 10.1. The van der Waals surface area contributed by atoms with Crippen molar-refractivity contribution in [2.24, 2.45) is 0 Å². The maximum atomic E-state index is 12.1. The van der Waals surface area contributed by atoms with Crippen molar-refractivity contribution in [3.63, 3.8) is 0 Å². The van der Waals surface area contributed by atoms with Crippen molar-refractivity contribution in [2.75, 3.05) is 0 Å². The van der Waals surface area contributed by atoms with E-state index < -0.39 is 11.2 Å². The molecule has 8 nitrogen and oxygen atoms in total. The molecule has 0 spiro atoms. The third-order valence-electron chi connectivity index (χ3n) is 3.53. The van der Waals surface area contributed by atoms with E-state index in [9.17, 15) is 14.4 Å². The summed E-state index contributed by atoms with van der Waals surface area (Å²) in [4.78, 5) is 43.8. The molecule has 0 aliphatic carbocycles. The van der Waals surface area contributed by atoms with Crippen LogP contribution in [0.25, 0.3) is 0 Å². The zero-order chi connectivity index (χ0) is 18.4. The summed E-state index contributed by atoms with van der Waals surface area (Å²) in [6, 6.07) is 3.61. The van der Waals surface area contributed by atoms with Crippen LogP contribution < -0.4 is 21.3 Å². The van der Waals surface area contributed by atoms with Crippen LogP contribution in [0.5, 0.6) is 5.88 Å². The largest absolute Gasteiger partial charge is 0.475 e. The Bertz CT molecular complexity index is 854. The summed E-state index contributed by atoms with van der Waals surface area (Å²) in [5.41, 5.74) is 0.642. The van der Waals surface area contributed by atoms with E-state index in [1.165, 1.54) is 0 Å². The normalized spacial score (nSPS) is 10.7. The Kier molecular flexibility index (Phi) is 6.10. The molecule has 0 saturated heterocycles. The van der Waals surface area contributed by atoms with E-state index in [-0.39, 0.29) is 31.4 Å². The second kappa shape index (κ2) is 8.27. The topological polar surface area (TPSA) is 117 Å². The second-order valence-electron chi connectivity index (χ2n) is 5.92. The Hall–Kier alpha value is -2.90. The van der Waals surface area contributed by atoms with Gasteiger partial charge in [0.15, 0.2) is 0 Å². The summed E-state index contributed by atoms with van der Waals surface area (Å²) < 4.78 is 5.61. The molecule has 1 amide bonds. The minimum Gasteiger partial charge on any atom is -0.475 e. The minimum atomic E-state index is -0.551. The molecule has 0 bridgehead atoms. The molecular weight excluding hydrogens is 324 g/mol. The number of hydrogen-bond donors (Lipinski definition) is 3. The van der Waals surface area contributed by atoms with Gasteiger partial charge in [-0.3, -0.25) is 14.6 Å². The molecule has 0 aliphatic rings. The fraction of sp³-hybridized carbons (Fsp3) is 0.412. The first kappa shape index (κ1) is 18.4. The summed E-state index contributed by atoms with van der Waals surface area (Å²) in [6.45, 7) is 5.73. The molecule has 0 saturated carbocycles.